The van der Waals surface area contributed by atoms with Crippen molar-refractivity contribution in [3.8, 4) is 11.5 Å². The molecule has 0 atom stereocenters. The van der Waals surface area contributed by atoms with Crippen LogP contribution >= 0.6 is 0 Å². The summed E-state index contributed by atoms with van der Waals surface area (Å²) in [5, 5.41) is 34.8. The van der Waals surface area contributed by atoms with Gasteiger partial charge in [0.25, 0.3) is 5.91 Å². The monoisotopic (exact) mass is 161 g/mol. The van der Waals surface area contributed by atoms with Crippen LogP contribution in [0.5, 0.6) is 11.5 Å². The Kier molecular flexibility index (Phi) is 1.52. The third-order valence-electron chi connectivity index (χ3n) is 1.08. The van der Waals surface area contributed by atoms with Crippen molar-refractivity contribution in [1.29, 1.82) is 0 Å². The summed E-state index contributed by atoms with van der Waals surface area (Å²) in [6.45, 7) is 0. The van der Waals surface area contributed by atoms with Gasteiger partial charge in [0.1, 0.15) is 6.26 Å². The van der Waals surface area contributed by atoms with E-state index in [9.17, 15) is 0 Å². The van der Waals surface area contributed by atoms with Gasteiger partial charge < -0.3 is 24.8 Å². The standard InChI is InChI=1S/C5H7NO5/c6-5(9,10)4-3(8)2(7)1-11-4/h1,7-10H,6H2. The van der Waals surface area contributed by atoms with Crippen LogP contribution in [0, 0.1) is 0 Å². The third kappa shape index (κ3) is 1.27. The van der Waals surface area contributed by atoms with Crippen molar-refractivity contribution in [3.63, 3.8) is 0 Å². The van der Waals surface area contributed by atoms with Gasteiger partial charge in [0, 0.05) is 0 Å². The highest BCUT2D eigenvalue weighted by molar-refractivity contribution is 5.39. The van der Waals surface area contributed by atoms with Gasteiger partial charge in [-0.15, -0.1) is 0 Å². The van der Waals surface area contributed by atoms with Crippen molar-refractivity contribution in [2.45, 2.75) is 5.91 Å². The van der Waals surface area contributed by atoms with E-state index in [1.165, 1.54) is 0 Å². The number of nitrogens with two attached hydrogens (primary N) is 1. The van der Waals surface area contributed by atoms with Gasteiger partial charge in [0.2, 0.25) is 11.5 Å². The van der Waals surface area contributed by atoms with Crippen LogP contribution in [-0.2, 0) is 5.91 Å². The summed E-state index contributed by atoms with van der Waals surface area (Å²) in [5.74, 6) is -4.85. The topological polar surface area (TPSA) is 120 Å². The number of furan rings is 1. The summed E-state index contributed by atoms with van der Waals surface area (Å²) in [6.07, 6.45) is 0.735. The number of hydrogen-bond donors (Lipinski definition) is 5. The maximum Gasteiger partial charge on any atom is 0.286 e. The number of aromatic hydroxyl groups is 2. The predicted molar refractivity (Wildman–Crippen MR) is 32.3 cm³/mol. The highest BCUT2D eigenvalue weighted by Gasteiger charge is 2.30. The van der Waals surface area contributed by atoms with Crippen molar-refractivity contribution >= 4 is 0 Å². The number of hydrogen-bond acceptors (Lipinski definition) is 6. The van der Waals surface area contributed by atoms with E-state index in [2.05, 4.69) is 4.42 Å². The molecule has 0 aliphatic heterocycles. The van der Waals surface area contributed by atoms with Crippen molar-refractivity contribution < 1.29 is 24.8 Å². The fraction of sp³-hybridized carbons (Fsp3) is 0.200. The average Bonchev–Trinajstić information content (AvgIpc) is 2.11. The average molecular weight is 161 g/mol. The number of rotatable bonds is 1. The Hall–Kier alpha value is -1.24. The van der Waals surface area contributed by atoms with Gasteiger partial charge in [-0.25, -0.2) is 0 Å². The second-order valence-corrected chi connectivity index (χ2v) is 2.02. The summed E-state index contributed by atoms with van der Waals surface area (Å²) in [7, 11) is 0. The maximum absolute atomic E-state index is 8.83. The first-order chi connectivity index (χ1) is 4.93. The van der Waals surface area contributed by atoms with Crippen LogP contribution in [-0.4, -0.2) is 20.4 Å². The molecule has 1 aromatic rings. The van der Waals surface area contributed by atoms with E-state index in [-0.39, 0.29) is 0 Å². The van der Waals surface area contributed by atoms with Crippen LogP contribution in [0.4, 0.5) is 0 Å². The van der Waals surface area contributed by atoms with Gasteiger partial charge in [-0.3, -0.25) is 5.73 Å². The van der Waals surface area contributed by atoms with E-state index in [0.717, 1.165) is 6.26 Å². The van der Waals surface area contributed by atoms with Gasteiger partial charge in [-0.2, -0.15) is 0 Å². The Morgan fingerprint density at radius 1 is 1.36 bits per heavy atom. The molecule has 6 heteroatoms. The molecule has 1 aromatic heterocycles. The maximum atomic E-state index is 8.83. The zero-order chi connectivity index (χ0) is 8.65. The Morgan fingerprint density at radius 2 is 1.91 bits per heavy atom. The van der Waals surface area contributed by atoms with Gasteiger partial charge >= 0.3 is 0 Å². The molecule has 0 saturated carbocycles. The molecule has 11 heavy (non-hydrogen) atoms. The first-order valence-corrected chi connectivity index (χ1v) is 2.66. The summed E-state index contributed by atoms with van der Waals surface area (Å²) in [4.78, 5) is 0. The molecule has 0 unspecified atom stereocenters. The van der Waals surface area contributed by atoms with Gasteiger partial charge in [0.05, 0.1) is 0 Å². The number of aliphatic hydroxyl groups is 2. The minimum atomic E-state index is -2.77. The summed E-state index contributed by atoms with van der Waals surface area (Å²) in [5.41, 5.74) is 4.72. The first kappa shape index (κ1) is 7.86. The largest absolute Gasteiger partial charge is 0.502 e. The van der Waals surface area contributed by atoms with E-state index in [1.807, 2.05) is 0 Å². The first-order valence-electron chi connectivity index (χ1n) is 2.66. The highest BCUT2D eigenvalue weighted by atomic mass is 16.5. The molecular weight excluding hydrogens is 154 g/mol. The molecule has 0 bridgehead atoms. The quantitative estimate of drug-likeness (QED) is 0.328. The fourth-order valence-corrected chi connectivity index (χ4v) is 0.604. The zero-order valence-electron chi connectivity index (χ0n) is 5.35. The molecule has 6 N–H and O–H groups in total. The zero-order valence-corrected chi connectivity index (χ0v) is 5.35. The lowest BCUT2D eigenvalue weighted by molar-refractivity contribution is -0.178. The molecule has 0 saturated heterocycles. The molecule has 0 aliphatic rings. The van der Waals surface area contributed by atoms with Crippen LogP contribution < -0.4 is 5.73 Å². The minimum Gasteiger partial charge on any atom is -0.502 e. The Labute approximate surface area is 61.1 Å². The van der Waals surface area contributed by atoms with E-state index in [1.54, 1.807) is 0 Å². The molecular formula is C5H7NO5. The molecule has 0 amide bonds. The molecule has 1 heterocycles. The predicted octanol–water partition coefficient (Wildman–Crippen LogP) is -1.26. The van der Waals surface area contributed by atoms with Gasteiger partial charge in [-0.1, -0.05) is 0 Å². The van der Waals surface area contributed by atoms with Crippen LogP contribution in [0.25, 0.3) is 0 Å². The lowest BCUT2D eigenvalue weighted by atomic mass is 10.3. The normalized spacial score (nSPS) is 11.9. The molecule has 62 valence electrons. The third-order valence-corrected chi connectivity index (χ3v) is 1.08. The lowest BCUT2D eigenvalue weighted by Crippen LogP contribution is -2.35. The van der Waals surface area contributed by atoms with Crippen molar-refractivity contribution in [2.24, 2.45) is 5.73 Å². The molecule has 6 nitrogen and oxygen atoms in total. The summed E-state index contributed by atoms with van der Waals surface area (Å²) < 4.78 is 4.33. The summed E-state index contributed by atoms with van der Waals surface area (Å²) >= 11 is 0. The van der Waals surface area contributed by atoms with Gasteiger partial charge in [-0.05, 0) is 0 Å². The van der Waals surface area contributed by atoms with Crippen molar-refractivity contribution in [3.05, 3.63) is 12.0 Å². The van der Waals surface area contributed by atoms with Crippen molar-refractivity contribution in [1.82, 2.24) is 0 Å². The second kappa shape index (κ2) is 2.12. The van der Waals surface area contributed by atoms with Crippen molar-refractivity contribution in [2.75, 3.05) is 0 Å². The van der Waals surface area contributed by atoms with E-state index >= 15 is 0 Å². The lowest BCUT2D eigenvalue weighted by Gasteiger charge is -2.11. The fourth-order valence-electron chi connectivity index (χ4n) is 0.604. The molecule has 0 spiro atoms. The molecule has 1 rings (SSSR count). The smallest absolute Gasteiger partial charge is 0.286 e. The van der Waals surface area contributed by atoms with Crippen LogP contribution in [0.3, 0.4) is 0 Å². The Bertz CT molecular complexity index is 260. The summed E-state index contributed by atoms with van der Waals surface area (Å²) in [6, 6.07) is 0. The molecule has 0 aromatic carbocycles. The molecule has 0 aliphatic carbocycles. The second-order valence-electron chi connectivity index (χ2n) is 2.02. The van der Waals surface area contributed by atoms with Crippen LogP contribution in [0.2, 0.25) is 0 Å². The van der Waals surface area contributed by atoms with Crippen LogP contribution in [0.15, 0.2) is 10.7 Å². The van der Waals surface area contributed by atoms with E-state index < -0.39 is 23.2 Å². The van der Waals surface area contributed by atoms with Crippen LogP contribution in [0.1, 0.15) is 5.76 Å². The minimum absolute atomic E-state index is 0.599. The Morgan fingerprint density at radius 3 is 2.09 bits per heavy atom. The molecule has 0 radical (unpaired) electrons. The van der Waals surface area contributed by atoms with Gasteiger partial charge in [0.15, 0.2) is 5.75 Å². The van der Waals surface area contributed by atoms with E-state index in [0.29, 0.717) is 0 Å². The molecule has 0 fully saturated rings. The van der Waals surface area contributed by atoms with E-state index in [4.69, 9.17) is 26.2 Å². The SMILES string of the molecule is NC(O)(O)c1occ(O)c1O. The Balaban J connectivity index is 3.15. The highest BCUT2D eigenvalue weighted by Crippen LogP contribution is 2.34.